The summed E-state index contributed by atoms with van der Waals surface area (Å²) in [5.41, 5.74) is 6.13. The van der Waals surface area contributed by atoms with Crippen LogP contribution in [0.5, 0.6) is 0 Å². The molecule has 0 aliphatic carbocycles. The van der Waals surface area contributed by atoms with Gasteiger partial charge in [-0.05, 0) is 23.8 Å². The summed E-state index contributed by atoms with van der Waals surface area (Å²) in [7, 11) is 0. The van der Waals surface area contributed by atoms with Crippen molar-refractivity contribution in [3.63, 3.8) is 0 Å². The fraction of sp³-hybridized carbons (Fsp3) is 0.143. The van der Waals surface area contributed by atoms with Gasteiger partial charge >= 0.3 is 12.1 Å². The molecule has 0 unspecified atom stereocenters. The van der Waals surface area contributed by atoms with E-state index in [1.807, 2.05) is 0 Å². The number of carboxylic acid groups (broad SMARTS) is 1. The third kappa shape index (κ3) is 3.50. The third-order valence-electron chi connectivity index (χ3n) is 2.82. The van der Waals surface area contributed by atoms with Crippen LogP contribution in [0.4, 0.5) is 18.9 Å². The van der Waals surface area contributed by atoms with E-state index in [-0.39, 0.29) is 6.42 Å². The van der Waals surface area contributed by atoms with E-state index in [1.54, 1.807) is 0 Å². The Kier molecular flexibility index (Phi) is 3.84. The van der Waals surface area contributed by atoms with E-state index in [2.05, 4.69) is 4.98 Å². The summed E-state index contributed by atoms with van der Waals surface area (Å²) in [6, 6.07) is 5.82. The number of benzene rings is 1. The molecule has 3 N–H and O–H groups in total. The second kappa shape index (κ2) is 5.43. The number of halogens is 3. The number of anilines is 1. The van der Waals surface area contributed by atoms with Gasteiger partial charge in [-0.2, -0.15) is 13.2 Å². The minimum atomic E-state index is -4.42. The highest BCUT2D eigenvalue weighted by atomic mass is 19.4. The first-order chi connectivity index (χ1) is 9.77. The molecular formula is C14H11F3N2O2. The first-order valence-electron chi connectivity index (χ1n) is 5.91. The van der Waals surface area contributed by atoms with Crippen molar-refractivity contribution in [1.29, 1.82) is 0 Å². The largest absolute Gasteiger partial charge is 0.481 e. The van der Waals surface area contributed by atoms with E-state index in [0.29, 0.717) is 22.5 Å². The number of rotatable bonds is 3. The predicted octanol–water partition coefficient (Wildman–Crippen LogP) is 2.98. The Morgan fingerprint density at radius 2 is 1.86 bits per heavy atom. The lowest BCUT2D eigenvalue weighted by atomic mass is 10.0. The molecule has 0 radical (unpaired) electrons. The molecule has 0 bridgehead atoms. The summed E-state index contributed by atoms with van der Waals surface area (Å²) >= 11 is 0. The van der Waals surface area contributed by atoms with Gasteiger partial charge in [0.2, 0.25) is 0 Å². The van der Waals surface area contributed by atoms with Crippen molar-refractivity contribution < 1.29 is 23.1 Å². The summed E-state index contributed by atoms with van der Waals surface area (Å²) in [5, 5.41) is 8.86. The lowest BCUT2D eigenvalue weighted by Crippen LogP contribution is -2.06. The number of hydrogen-bond acceptors (Lipinski definition) is 3. The fourth-order valence-electron chi connectivity index (χ4n) is 1.90. The Morgan fingerprint density at radius 1 is 1.24 bits per heavy atom. The Bertz CT molecular complexity index is 667. The summed E-state index contributed by atoms with van der Waals surface area (Å²) in [6.07, 6.45) is -3.40. The molecule has 2 aromatic rings. The normalized spacial score (nSPS) is 11.4. The number of nitrogens with two attached hydrogens (primary N) is 1. The van der Waals surface area contributed by atoms with Gasteiger partial charge in [-0.15, -0.1) is 0 Å². The van der Waals surface area contributed by atoms with Gasteiger partial charge in [0.15, 0.2) is 0 Å². The number of aromatic nitrogens is 1. The Balaban J connectivity index is 2.44. The van der Waals surface area contributed by atoms with Crippen LogP contribution in [-0.4, -0.2) is 16.1 Å². The summed E-state index contributed by atoms with van der Waals surface area (Å²) < 4.78 is 37.5. The van der Waals surface area contributed by atoms with Crippen LogP contribution in [0.3, 0.4) is 0 Å². The third-order valence-corrected chi connectivity index (χ3v) is 2.82. The number of nitrogen functional groups attached to an aromatic ring is 1. The molecule has 0 saturated heterocycles. The quantitative estimate of drug-likeness (QED) is 0.913. The van der Waals surface area contributed by atoms with Crippen molar-refractivity contribution in [2.45, 2.75) is 12.6 Å². The zero-order valence-electron chi connectivity index (χ0n) is 10.7. The average Bonchev–Trinajstić information content (AvgIpc) is 2.37. The maximum atomic E-state index is 12.5. The highest BCUT2D eigenvalue weighted by Crippen LogP contribution is 2.31. The molecule has 0 atom stereocenters. The highest BCUT2D eigenvalue weighted by Gasteiger charge is 2.30. The molecule has 21 heavy (non-hydrogen) atoms. The number of carboxylic acids is 1. The van der Waals surface area contributed by atoms with E-state index < -0.39 is 17.7 Å². The Hall–Kier alpha value is -2.57. The van der Waals surface area contributed by atoms with Crippen LogP contribution in [0, 0.1) is 0 Å². The van der Waals surface area contributed by atoms with Crippen LogP contribution in [0.1, 0.15) is 11.1 Å². The molecule has 7 heteroatoms. The van der Waals surface area contributed by atoms with Gasteiger partial charge in [0, 0.05) is 5.56 Å². The van der Waals surface area contributed by atoms with E-state index in [4.69, 9.17) is 10.8 Å². The molecule has 0 saturated carbocycles. The van der Waals surface area contributed by atoms with Gasteiger partial charge in [-0.25, -0.2) is 0 Å². The molecule has 2 rings (SSSR count). The lowest BCUT2D eigenvalue weighted by molar-refractivity contribution is -0.138. The van der Waals surface area contributed by atoms with E-state index >= 15 is 0 Å². The van der Waals surface area contributed by atoms with Gasteiger partial charge in [-0.3, -0.25) is 9.78 Å². The SMILES string of the molecule is Nc1cnc(-c2ccc(C(F)(F)F)cc2)c(CC(=O)O)c1. The smallest absolute Gasteiger partial charge is 0.416 e. The number of nitrogens with zero attached hydrogens (tertiary/aromatic N) is 1. The van der Waals surface area contributed by atoms with Gasteiger partial charge in [0.05, 0.1) is 29.6 Å². The molecule has 0 spiro atoms. The first kappa shape index (κ1) is 14.8. The van der Waals surface area contributed by atoms with Crippen LogP contribution >= 0.6 is 0 Å². The van der Waals surface area contributed by atoms with Crippen molar-refractivity contribution in [2.75, 3.05) is 5.73 Å². The zero-order chi connectivity index (χ0) is 15.6. The maximum Gasteiger partial charge on any atom is 0.416 e. The summed E-state index contributed by atoms with van der Waals surface area (Å²) in [4.78, 5) is 14.9. The molecule has 1 aromatic carbocycles. The van der Waals surface area contributed by atoms with Crippen molar-refractivity contribution >= 4 is 11.7 Å². The summed E-state index contributed by atoms with van der Waals surface area (Å²) in [6.45, 7) is 0. The Morgan fingerprint density at radius 3 is 2.38 bits per heavy atom. The first-order valence-corrected chi connectivity index (χ1v) is 5.91. The van der Waals surface area contributed by atoms with Crippen LogP contribution in [0.2, 0.25) is 0 Å². The van der Waals surface area contributed by atoms with E-state index in [1.165, 1.54) is 24.4 Å². The van der Waals surface area contributed by atoms with Crippen LogP contribution < -0.4 is 5.73 Å². The molecule has 0 fully saturated rings. The van der Waals surface area contributed by atoms with Crippen molar-refractivity contribution in [2.24, 2.45) is 0 Å². The van der Waals surface area contributed by atoms with Gasteiger partial charge < -0.3 is 10.8 Å². The Labute approximate surface area is 118 Å². The molecule has 1 heterocycles. The van der Waals surface area contributed by atoms with Crippen LogP contribution in [-0.2, 0) is 17.4 Å². The number of carbonyl (C=O) groups is 1. The number of hydrogen-bond donors (Lipinski definition) is 2. The molecule has 110 valence electrons. The molecule has 1 aromatic heterocycles. The van der Waals surface area contributed by atoms with E-state index in [9.17, 15) is 18.0 Å². The van der Waals surface area contributed by atoms with E-state index in [0.717, 1.165) is 12.1 Å². The molecule has 4 nitrogen and oxygen atoms in total. The van der Waals surface area contributed by atoms with Crippen LogP contribution in [0.15, 0.2) is 36.5 Å². The number of alkyl halides is 3. The minimum Gasteiger partial charge on any atom is -0.481 e. The zero-order valence-corrected chi connectivity index (χ0v) is 10.7. The molecule has 0 aliphatic heterocycles. The second-order valence-corrected chi connectivity index (χ2v) is 4.42. The van der Waals surface area contributed by atoms with Gasteiger partial charge in [0.25, 0.3) is 0 Å². The number of pyridine rings is 1. The van der Waals surface area contributed by atoms with Crippen LogP contribution in [0.25, 0.3) is 11.3 Å². The topological polar surface area (TPSA) is 76.2 Å². The van der Waals surface area contributed by atoms with Crippen molar-refractivity contribution in [3.8, 4) is 11.3 Å². The molecular weight excluding hydrogens is 285 g/mol. The predicted molar refractivity (Wildman–Crippen MR) is 70.4 cm³/mol. The van der Waals surface area contributed by atoms with Crippen molar-refractivity contribution in [1.82, 2.24) is 4.98 Å². The summed E-state index contributed by atoms with van der Waals surface area (Å²) in [5.74, 6) is -1.07. The molecule has 0 aliphatic rings. The lowest BCUT2D eigenvalue weighted by Gasteiger charge is -2.10. The monoisotopic (exact) mass is 296 g/mol. The van der Waals surface area contributed by atoms with Crippen molar-refractivity contribution in [3.05, 3.63) is 47.7 Å². The maximum absolute atomic E-state index is 12.5. The van der Waals surface area contributed by atoms with Gasteiger partial charge in [-0.1, -0.05) is 12.1 Å². The number of aliphatic carboxylic acids is 1. The van der Waals surface area contributed by atoms with Gasteiger partial charge in [0.1, 0.15) is 0 Å². The fourth-order valence-corrected chi connectivity index (χ4v) is 1.90. The standard InChI is InChI=1S/C14H11F3N2O2/c15-14(16,17)10-3-1-8(2-4-10)13-9(6-12(20)21)5-11(18)7-19-13/h1-5,7H,6,18H2,(H,20,21). The molecule has 0 amide bonds. The highest BCUT2D eigenvalue weighted by molar-refractivity contribution is 5.76. The second-order valence-electron chi connectivity index (χ2n) is 4.42. The minimum absolute atomic E-state index is 0.293. The average molecular weight is 296 g/mol.